The van der Waals surface area contributed by atoms with Crippen LogP contribution in [0.1, 0.15) is 29.4 Å². The molecule has 4 nitrogen and oxygen atoms in total. The van der Waals surface area contributed by atoms with Gasteiger partial charge in [0.1, 0.15) is 0 Å². The summed E-state index contributed by atoms with van der Waals surface area (Å²) in [4.78, 5) is 8.29. The summed E-state index contributed by atoms with van der Waals surface area (Å²) < 4.78 is 38.1. The zero-order valence-corrected chi connectivity index (χ0v) is 12.4. The van der Waals surface area contributed by atoms with Crippen LogP contribution in [0.3, 0.4) is 0 Å². The van der Waals surface area contributed by atoms with Crippen LogP contribution in [0.2, 0.25) is 0 Å². The lowest BCUT2D eigenvalue weighted by molar-refractivity contribution is -0.137. The minimum atomic E-state index is -4.37. The zero-order chi connectivity index (χ0) is 16.3. The number of hydrazone groups is 1. The number of hydrogen-bond acceptors (Lipinski definition) is 4. The molecule has 2 aromatic rings. The third-order valence-corrected chi connectivity index (χ3v) is 2.91. The van der Waals surface area contributed by atoms with Crippen LogP contribution in [0, 0.1) is 13.8 Å². The predicted molar refractivity (Wildman–Crippen MR) is 78.8 cm³/mol. The zero-order valence-electron chi connectivity index (χ0n) is 12.4. The Kier molecular flexibility index (Phi) is 4.44. The van der Waals surface area contributed by atoms with Crippen LogP contribution >= 0.6 is 0 Å². The second kappa shape index (κ2) is 6.13. The SMILES string of the molecule is C/C(=N\Nc1nc(C)cc(C)n1)c1cccc(C(F)(F)F)c1. The summed E-state index contributed by atoms with van der Waals surface area (Å²) in [7, 11) is 0. The van der Waals surface area contributed by atoms with Crippen molar-refractivity contribution in [2.75, 3.05) is 5.43 Å². The average Bonchev–Trinajstić information content (AvgIpc) is 2.43. The molecule has 1 N–H and O–H groups in total. The summed E-state index contributed by atoms with van der Waals surface area (Å²) in [5.41, 5.74) is 4.31. The molecule has 7 heteroatoms. The van der Waals surface area contributed by atoms with Gasteiger partial charge in [0, 0.05) is 11.4 Å². The Morgan fingerprint density at radius 1 is 1.09 bits per heavy atom. The Bertz CT molecular complexity index is 688. The standard InChI is InChI=1S/C15H15F3N4/c1-9-7-10(2)20-14(19-9)22-21-11(3)12-5-4-6-13(8-12)15(16,17)18/h4-8H,1-3H3,(H,19,20,22)/b21-11+. The van der Waals surface area contributed by atoms with Gasteiger partial charge in [0.15, 0.2) is 0 Å². The number of aromatic nitrogens is 2. The second-order valence-corrected chi connectivity index (χ2v) is 4.86. The Morgan fingerprint density at radius 3 is 2.32 bits per heavy atom. The second-order valence-electron chi connectivity index (χ2n) is 4.86. The lowest BCUT2D eigenvalue weighted by Crippen LogP contribution is -2.08. The van der Waals surface area contributed by atoms with Crippen LogP contribution < -0.4 is 5.43 Å². The molecule has 116 valence electrons. The minimum absolute atomic E-state index is 0.309. The van der Waals surface area contributed by atoms with Crippen LogP contribution in [-0.4, -0.2) is 15.7 Å². The molecule has 1 aromatic heterocycles. The first-order valence-electron chi connectivity index (χ1n) is 6.56. The molecular formula is C15H15F3N4. The van der Waals surface area contributed by atoms with E-state index in [2.05, 4.69) is 20.5 Å². The molecule has 0 aliphatic rings. The summed E-state index contributed by atoms with van der Waals surface area (Å²) >= 11 is 0. The Morgan fingerprint density at radius 2 is 1.73 bits per heavy atom. The van der Waals surface area contributed by atoms with Gasteiger partial charge in [-0.2, -0.15) is 18.3 Å². The molecule has 0 saturated carbocycles. The van der Waals surface area contributed by atoms with Gasteiger partial charge in [-0.25, -0.2) is 15.4 Å². The van der Waals surface area contributed by atoms with Gasteiger partial charge in [-0.15, -0.1) is 0 Å². The van der Waals surface area contributed by atoms with Gasteiger partial charge < -0.3 is 0 Å². The van der Waals surface area contributed by atoms with E-state index >= 15 is 0 Å². The van der Waals surface area contributed by atoms with E-state index in [1.54, 1.807) is 13.0 Å². The lowest BCUT2D eigenvalue weighted by Gasteiger charge is -2.09. The van der Waals surface area contributed by atoms with Gasteiger partial charge in [-0.3, -0.25) is 0 Å². The fourth-order valence-corrected chi connectivity index (χ4v) is 1.89. The fraction of sp³-hybridized carbons (Fsp3) is 0.267. The summed E-state index contributed by atoms with van der Waals surface area (Å²) in [6.45, 7) is 5.26. The van der Waals surface area contributed by atoms with Gasteiger partial charge in [0.25, 0.3) is 0 Å². The van der Waals surface area contributed by atoms with Crippen molar-refractivity contribution in [1.29, 1.82) is 0 Å². The Hall–Kier alpha value is -2.44. The number of alkyl halides is 3. The largest absolute Gasteiger partial charge is 0.416 e. The van der Waals surface area contributed by atoms with Crippen LogP contribution in [-0.2, 0) is 6.18 Å². The molecule has 0 fully saturated rings. The number of halogens is 3. The molecule has 2 rings (SSSR count). The number of nitrogens with one attached hydrogen (secondary N) is 1. The van der Waals surface area contributed by atoms with Gasteiger partial charge in [0.2, 0.25) is 5.95 Å². The van der Waals surface area contributed by atoms with E-state index in [-0.39, 0.29) is 0 Å². The maximum absolute atomic E-state index is 12.7. The Balaban J connectivity index is 2.22. The van der Waals surface area contributed by atoms with E-state index in [0.717, 1.165) is 23.5 Å². The smallest absolute Gasteiger partial charge is 0.245 e. The molecule has 22 heavy (non-hydrogen) atoms. The van der Waals surface area contributed by atoms with Crippen molar-refractivity contribution in [3.05, 3.63) is 52.8 Å². The van der Waals surface area contributed by atoms with Crippen LogP contribution in [0.5, 0.6) is 0 Å². The maximum Gasteiger partial charge on any atom is 0.416 e. The quantitative estimate of drug-likeness (QED) is 0.690. The van der Waals surface area contributed by atoms with Crippen molar-refractivity contribution in [2.45, 2.75) is 26.9 Å². The van der Waals surface area contributed by atoms with Gasteiger partial charge in [-0.1, -0.05) is 12.1 Å². The monoisotopic (exact) mass is 308 g/mol. The highest BCUT2D eigenvalue weighted by atomic mass is 19.4. The van der Waals surface area contributed by atoms with Crippen molar-refractivity contribution in [1.82, 2.24) is 9.97 Å². The predicted octanol–water partition coefficient (Wildman–Crippen LogP) is 3.95. The molecule has 1 aromatic carbocycles. The molecule has 0 aliphatic carbocycles. The highest BCUT2D eigenvalue weighted by Gasteiger charge is 2.30. The maximum atomic E-state index is 12.7. The molecule has 0 bridgehead atoms. The number of anilines is 1. The molecule has 0 saturated heterocycles. The van der Waals surface area contributed by atoms with Gasteiger partial charge in [0.05, 0.1) is 11.3 Å². The topological polar surface area (TPSA) is 50.2 Å². The summed E-state index contributed by atoms with van der Waals surface area (Å²) in [5, 5.41) is 4.04. The van der Waals surface area contributed by atoms with E-state index in [1.165, 1.54) is 6.07 Å². The van der Waals surface area contributed by atoms with Crippen molar-refractivity contribution < 1.29 is 13.2 Å². The van der Waals surface area contributed by atoms with Crippen molar-refractivity contribution >= 4 is 11.7 Å². The van der Waals surface area contributed by atoms with Crippen LogP contribution in [0.25, 0.3) is 0 Å². The normalized spacial score (nSPS) is 12.4. The van der Waals surface area contributed by atoms with E-state index < -0.39 is 11.7 Å². The molecular weight excluding hydrogens is 293 g/mol. The molecule has 1 heterocycles. The van der Waals surface area contributed by atoms with E-state index in [9.17, 15) is 13.2 Å². The minimum Gasteiger partial charge on any atom is -0.245 e. The van der Waals surface area contributed by atoms with E-state index in [1.807, 2.05) is 19.9 Å². The highest BCUT2D eigenvalue weighted by Crippen LogP contribution is 2.29. The molecule has 0 aliphatic heterocycles. The number of hydrogen-bond donors (Lipinski definition) is 1. The van der Waals surface area contributed by atoms with Crippen LogP contribution in [0.15, 0.2) is 35.4 Å². The third-order valence-electron chi connectivity index (χ3n) is 2.91. The summed E-state index contributed by atoms with van der Waals surface area (Å²) in [6.07, 6.45) is -4.37. The third kappa shape index (κ3) is 4.03. The average molecular weight is 308 g/mol. The number of rotatable bonds is 3. The first-order valence-corrected chi connectivity index (χ1v) is 6.56. The first kappa shape index (κ1) is 15.9. The van der Waals surface area contributed by atoms with E-state index in [4.69, 9.17) is 0 Å². The molecule has 0 spiro atoms. The molecule has 0 unspecified atom stereocenters. The molecule has 0 amide bonds. The highest BCUT2D eigenvalue weighted by molar-refractivity contribution is 5.99. The lowest BCUT2D eigenvalue weighted by atomic mass is 10.1. The van der Waals surface area contributed by atoms with Crippen molar-refractivity contribution in [3.63, 3.8) is 0 Å². The van der Waals surface area contributed by atoms with Gasteiger partial charge in [-0.05, 0) is 44.5 Å². The van der Waals surface area contributed by atoms with Crippen molar-refractivity contribution in [3.8, 4) is 0 Å². The Labute approximate surface area is 126 Å². The van der Waals surface area contributed by atoms with Gasteiger partial charge >= 0.3 is 6.18 Å². The summed E-state index contributed by atoms with van der Waals surface area (Å²) in [6, 6.07) is 6.82. The number of benzene rings is 1. The van der Waals surface area contributed by atoms with Crippen molar-refractivity contribution in [2.24, 2.45) is 5.10 Å². The molecule has 0 atom stereocenters. The first-order chi connectivity index (χ1) is 10.3. The number of aryl methyl sites for hydroxylation is 2. The van der Waals surface area contributed by atoms with Crippen LogP contribution in [0.4, 0.5) is 19.1 Å². The molecule has 0 radical (unpaired) electrons. The van der Waals surface area contributed by atoms with E-state index in [0.29, 0.717) is 17.2 Å². The fourth-order valence-electron chi connectivity index (χ4n) is 1.89. The number of nitrogens with zero attached hydrogens (tertiary/aromatic N) is 3. The summed E-state index contributed by atoms with van der Waals surface area (Å²) in [5.74, 6) is 0.309.